The van der Waals surface area contributed by atoms with Crippen LogP contribution in [0.25, 0.3) is 0 Å². The molecule has 0 aromatic rings. The van der Waals surface area contributed by atoms with Crippen LogP contribution in [0.15, 0.2) is 0 Å². The van der Waals surface area contributed by atoms with Crippen LogP contribution in [0.4, 0.5) is 0 Å². The quantitative estimate of drug-likeness (QED) is 0.674. The van der Waals surface area contributed by atoms with Crippen molar-refractivity contribution in [3.63, 3.8) is 0 Å². The van der Waals surface area contributed by atoms with Gasteiger partial charge in [0.25, 0.3) is 0 Å². The fourth-order valence-electron chi connectivity index (χ4n) is 7.08. The molecule has 0 heterocycles. The third-order valence-corrected chi connectivity index (χ3v) is 8.32. The molecule has 0 unspecified atom stereocenters. The highest BCUT2D eigenvalue weighted by atomic mass is 16.3. The molecule has 0 aromatic heterocycles. The Balaban J connectivity index is 1.60. The van der Waals surface area contributed by atoms with Crippen LogP contribution in [0.3, 0.4) is 0 Å². The van der Waals surface area contributed by atoms with Gasteiger partial charge in [0.05, 0.1) is 6.10 Å². The lowest BCUT2D eigenvalue weighted by Crippen LogP contribution is -2.53. The highest BCUT2D eigenvalue weighted by Gasteiger charge is 2.62. The molecular formula is C20H30O2. The Morgan fingerprint density at radius 1 is 0.955 bits per heavy atom. The Hall–Kier alpha value is -0.520. The second-order valence-electron chi connectivity index (χ2n) is 8.90. The third kappa shape index (κ3) is 1.88. The van der Waals surface area contributed by atoms with E-state index < -0.39 is 5.60 Å². The minimum Gasteiger partial charge on any atom is -0.393 e. The zero-order valence-corrected chi connectivity index (χ0v) is 13.8. The lowest BCUT2D eigenvalue weighted by Gasteiger charge is -2.56. The molecule has 2 nitrogen and oxygen atoms in total. The van der Waals surface area contributed by atoms with Crippen molar-refractivity contribution in [3.8, 4) is 12.3 Å². The first-order valence-electron chi connectivity index (χ1n) is 9.37. The summed E-state index contributed by atoms with van der Waals surface area (Å²) in [7, 11) is 0. The number of rotatable bonds is 0. The lowest BCUT2D eigenvalue weighted by atomic mass is 9.49. The van der Waals surface area contributed by atoms with Crippen molar-refractivity contribution in [2.24, 2.45) is 35.0 Å². The molecule has 4 fully saturated rings. The predicted octanol–water partition coefficient (Wildman–Crippen LogP) is 3.36. The zero-order chi connectivity index (χ0) is 15.5. The molecule has 0 aromatic carbocycles. The molecule has 8 atom stereocenters. The first kappa shape index (κ1) is 15.0. The van der Waals surface area contributed by atoms with E-state index >= 15 is 0 Å². The number of hydrogen-bond acceptors (Lipinski definition) is 2. The summed E-state index contributed by atoms with van der Waals surface area (Å²) in [6, 6.07) is 0. The number of aliphatic hydroxyl groups is 2. The van der Waals surface area contributed by atoms with Gasteiger partial charge < -0.3 is 10.2 Å². The van der Waals surface area contributed by atoms with Crippen LogP contribution in [-0.4, -0.2) is 21.9 Å². The summed E-state index contributed by atoms with van der Waals surface area (Å²) in [4.78, 5) is 0. The van der Waals surface area contributed by atoms with Crippen LogP contribution in [-0.2, 0) is 0 Å². The Morgan fingerprint density at radius 2 is 1.73 bits per heavy atom. The Labute approximate surface area is 134 Å². The highest BCUT2D eigenvalue weighted by molar-refractivity contribution is 5.23. The molecule has 4 aliphatic rings. The molecule has 0 radical (unpaired) electrons. The monoisotopic (exact) mass is 302 g/mol. The molecule has 4 aliphatic carbocycles. The Kier molecular flexibility index (Phi) is 3.41. The van der Waals surface area contributed by atoms with Gasteiger partial charge in [-0.3, -0.25) is 0 Å². The smallest absolute Gasteiger partial charge is 0.130 e. The van der Waals surface area contributed by atoms with Crippen LogP contribution in [0.1, 0.15) is 64.7 Å². The van der Waals surface area contributed by atoms with Crippen LogP contribution < -0.4 is 0 Å². The number of aliphatic hydroxyl groups excluding tert-OH is 1. The minimum absolute atomic E-state index is 0.0512. The van der Waals surface area contributed by atoms with Gasteiger partial charge in [-0.2, -0.15) is 0 Å². The maximum Gasteiger partial charge on any atom is 0.130 e. The van der Waals surface area contributed by atoms with E-state index in [0.717, 1.165) is 55.8 Å². The van der Waals surface area contributed by atoms with Gasteiger partial charge >= 0.3 is 0 Å². The van der Waals surface area contributed by atoms with Gasteiger partial charge in [0.2, 0.25) is 0 Å². The van der Waals surface area contributed by atoms with Crippen molar-refractivity contribution >= 4 is 0 Å². The SMILES string of the molecule is C#C[C@]1(O)CC[C@H]2[C@@H]3CC[C@@H]4C[C@@H](O)CC[C@@H]4[C@H]3CC[C@@]21C. The van der Waals surface area contributed by atoms with Crippen LogP contribution in [0.2, 0.25) is 0 Å². The first-order valence-corrected chi connectivity index (χ1v) is 9.37. The summed E-state index contributed by atoms with van der Waals surface area (Å²) in [5, 5.41) is 20.9. The number of hydrogen-bond donors (Lipinski definition) is 2. The molecule has 2 N–H and O–H groups in total. The molecule has 0 aliphatic heterocycles. The van der Waals surface area contributed by atoms with Gasteiger partial charge in [-0.25, -0.2) is 0 Å². The zero-order valence-electron chi connectivity index (χ0n) is 13.8. The van der Waals surface area contributed by atoms with E-state index in [4.69, 9.17) is 6.42 Å². The molecule has 2 heteroatoms. The minimum atomic E-state index is -0.873. The van der Waals surface area contributed by atoms with E-state index in [9.17, 15) is 10.2 Å². The van der Waals surface area contributed by atoms with Crippen molar-refractivity contribution in [2.75, 3.05) is 0 Å². The summed E-state index contributed by atoms with van der Waals surface area (Å²) in [6.07, 6.45) is 15.7. The van der Waals surface area contributed by atoms with E-state index in [1.54, 1.807) is 0 Å². The molecule has 0 amide bonds. The average Bonchev–Trinajstić information content (AvgIpc) is 2.79. The van der Waals surface area contributed by atoms with Gasteiger partial charge in [0.1, 0.15) is 5.60 Å². The number of fused-ring (bicyclic) bond motifs is 5. The Bertz CT molecular complexity index is 494. The summed E-state index contributed by atoms with van der Waals surface area (Å²) in [5.74, 6) is 6.53. The number of terminal acetylenes is 1. The van der Waals surface area contributed by atoms with Crippen LogP contribution in [0, 0.1) is 47.3 Å². The summed E-state index contributed by atoms with van der Waals surface area (Å²) < 4.78 is 0. The average molecular weight is 302 g/mol. The predicted molar refractivity (Wildman–Crippen MR) is 86.9 cm³/mol. The van der Waals surface area contributed by atoms with Crippen molar-refractivity contribution < 1.29 is 10.2 Å². The van der Waals surface area contributed by atoms with E-state index in [2.05, 4.69) is 12.8 Å². The maximum absolute atomic E-state index is 10.9. The molecule has 0 spiro atoms. The molecule has 0 saturated heterocycles. The van der Waals surface area contributed by atoms with Gasteiger partial charge in [-0.1, -0.05) is 12.8 Å². The molecule has 4 rings (SSSR count). The summed E-state index contributed by atoms with van der Waals surface area (Å²) >= 11 is 0. The lowest BCUT2D eigenvalue weighted by molar-refractivity contribution is -0.111. The molecule has 0 bridgehead atoms. The fraction of sp³-hybridized carbons (Fsp3) is 0.900. The topological polar surface area (TPSA) is 40.5 Å². The fourth-order valence-corrected chi connectivity index (χ4v) is 7.08. The molecule has 22 heavy (non-hydrogen) atoms. The van der Waals surface area contributed by atoms with E-state index in [-0.39, 0.29) is 11.5 Å². The van der Waals surface area contributed by atoms with E-state index in [0.29, 0.717) is 5.92 Å². The van der Waals surface area contributed by atoms with Crippen molar-refractivity contribution in [1.82, 2.24) is 0 Å². The third-order valence-electron chi connectivity index (χ3n) is 8.32. The second kappa shape index (κ2) is 4.99. The van der Waals surface area contributed by atoms with Crippen LogP contribution in [0.5, 0.6) is 0 Å². The maximum atomic E-state index is 10.9. The summed E-state index contributed by atoms with van der Waals surface area (Å²) in [5.41, 5.74) is -0.938. The van der Waals surface area contributed by atoms with E-state index in [1.807, 2.05) is 0 Å². The standard InChI is InChI=1S/C20H30O2/c1-3-20(22)11-9-18-17-6-4-13-12-14(21)5-7-15(13)16(17)8-10-19(18,20)2/h1,13-18,21-22H,4-12H2,2H3/t13-,14+,15+,16-,17-,18+,19+,20+/m1/s1. The second-order valence-corrected chi connectivity index (χ2v) is 8.90. The largest absolute Gasteiger partial charge is 0.393 e. The van der Waals surface area contributed by atoms with Gasteiger partial charge in [-0.15, -0.1) is 6.42 Å². The normalized spacial score (nSPS) is 57.4. The summed E-state index contributed by atoms with van der Waals surface area (Å²) in [6.45, 7) is 2.26. The van der Waals surface area contributed by atoms with Crippen molar-refractivity contribution in [1.29, 1.82) is 0 Å². The van der Waals surface area contributed by atoms with Gasteiger partial charge in [0.15, 0.2) is 0 Å². The van der Waals surface area contributed by atoms with Gasteiger partial charge in [0, 0.05) is 5.41 Å². The molecule has 122 valence electrons. The first-order chi connectivity index (χ1) is 10.5. The van der Waals surface area contributed by atoms with Crippen LogP contribution >= 0.6 is 0 Å². The van der Waals surface area contributed by atoms with E-state index in [1.165, 1.54) is 25.7 Å². The molecule has 4 saturated carbocycles. The highest BCUT2D eigenvalue weighted by Crippen LogP contribution is 2.65. The van der Waals surface area contributed by atoms with Gasteiger partial charge in [-0.05, 0) is 87.4 Å². The van der Waals surface area contributed by atoms with Crippen molar-refractivity contribution in [3.05, 3.63) is 0 Å². The van der Waals surface area contributed by atoms with Crippen molar-refractivity contribution in [2.45, 2.75) is 76.4 Å². The Morgan fingerprint density at radius 3 is 2.50 bits per heavy atom. The molecular weight excluding hydrogens is 272 g/mol.